The maximum atomic E-state index is 6.42. The third kappa shape index (κ3) is 6.12. The highest BCUT2D eigenvalue weighted by Crippen LogP contribution is 2.45. The minimum atomic E-state index is 0.865. The number of anilines is 3. The first-order valence-corrected chi connectivity index (χ1v) is 22.2. The molecule has 0 N–H and O–H groups in total. The van der Waals surface area contributed by atoms with E-state index in [-0.39, 0.29) is 0 Å². The maximum Gasteiger partial charge on any atom is 0.137 e. The molecule has 0 unspecified atom stereocenters. The molecule has 3 heteroatoms. The molecule has 304 valence electrons. The number of hydrogen-bond donors (Lipinski definition) is 0. The maximum absolute atomic E-state index is 6.42. The highest BCUT2D eigenvalue weighted by molar-refractivity contribution is 6.30. The second-order valence-electron chi connectivity index (χ2n) is 16.9. The predicted octanol–water partition coefficient (Wildman–Crippen LogP) is 17.4. The molecule has 3 nitrogen and oxygen atoms in total. The van der Waals surface area contributed by atoms with E-state index in [1.165, 1.54) is 76.9 Å². The van der Waals surface area contributed by atoms with Crippen LogP contribution in [0.3, 0.4) is 0 Å². The molecule has 13 rings (SSSR count). The molecule has 0 saturated heterocycles. The Labute approximate surface area is 376 Å². The first-order chi connectivity index (χ1) is 32.2. The minimum absolute atomic E-state index is 0.865. The van der Waals surface area contributed by atoms with E-state index in [0.29, 0.717) is 0 Å². The van der Waals surface area contributed by atoms with Crippen molar-refractivity contribution in [2.45, 2.75) is 0 Å². The number of furan rings is 1. The number of pyridine rings is 1. The van der Waals surface area contributed by atoms with Crippen molar-refractivity contribution in [3.05, 3.63) is 243 Å². The fourth-order valence-corrected chi connectivity index (χ4v) is 10.1. The van der Waals surface area contributed by atoms with Crippen molar-refractivity contribution >= 4 is 77.0 Å². The highest BCUT2D eigenvalue weighted by Gasteiger charge is 2.21. The summed E-state index contributed by atoms with van der Waals surface area (Å²) in [7, 11) is 0. The molecule has 0 atom stereocenters. The molecule has 65 heavy (non-hydrogen) atoms. The van der Waals surface area contributed by atoms with Crippen LogP contribution < -0.4 is 4.90 Å². The van der Waals surface area contributed by atoms with Crippen molar-refractivity contribution in [1.82, 2.24) is 4.40 Å². The standard InChI is InChI=1S/C62H40N2O/c1-3-13-41(14-4-1)42-22-24-43(25-23-42)44-26-31-48(32-27-44)64(50-35-37-53-52-18-9-10-21-58(52)65-59(53)40-50)49-33-28-45(29-34-49)47-30-36-55-56(39-47)51-17-7-8-19-54(51)61-60(46-15-5-2-6-16-46)57-20-11-12-38-63(57)62(55)61/h1-40H. The van der Waals surface area contributed by atoms with Crippen molar-refractivity contribution in [3.63, 3.8) is 0 Å². The number of rotatable bonds is 7. The normalized spacial score (nSPS) is 11.7. The van der Waals surface area contributed by atoms with Gasteiger partial charge < -0.3 is 13.7 Å². The first-order valence-electron chi connectivity index (χ1n) is 22.2. The molecular weight excluding hydrogens is 789 g/mol. The Bertz CT molecular complexity index is 3900. The van der Waals surface area contributed by atoms with E-state index in [4.69, 9.17) is 4.42 Å². The number of para-hydroxylation sites is 1. The van der Waals surface area contributed by atoms with Crippen molar-refractivity contribution in [2.75, 3.05) is 4.90 Å². The molecule has 0 saturated carbocycles. The molecule has 0 aliphatic heterocycles. The van der Waals surface area contributed by atoms with E-state index < -0.39 is 0 Å². The summed E-state index contributed by atoms with van der Waals surface area (Å²) >= 11 is 0. The van der Waals surface area contributed by atoms with Gasteiger partial charge in [0, 0.05) is 56.4 Å². The van der Waals surface area contributed by atoms with Crippen LogP contribution in [-0.2, 0) is 0 Å². The summed E-state index contributed by atoms with van der Waals surface area (Å²) in [6, 6.07) is 85.3. The summed E-state index contributed by atoms with van der Waals surface area (Å²) in [5, 5.41) is 8.52. The van der Waals surface area contributed by atoms with Crippen LogP contribution in [0.1, 0.15) is 0 Å². The van der Waals surface area contributed by atoms with Crippen molar-refractivity contribution in [2.24, 2.45) is 0 Å². The second-order valence-corrected chi connectivity index (χ2v) is 16.9. The average Bonchev–Trinajstić information content (AvgIpc) is 3.94. The lowest BCUT2D eigenvalue weighted by molar-refractivity contribution is 0.669. The number of nitrogens with zero attached hydrogens (tertiary/aromatic N) is 2. The molecule has 3 aromatic heterocycles. The molecule has 0 radical (unpaired) electrons. The Kier molecular flexibility index (Phi) is 8.53. The van der Waals surface area contributed by atoms with Gasteiger partial charge in [-0.1, -0.05) is 170 Å². The lowest BCUT2D eigenvalue weighted by Gasteiger charge is -2.26. The summed E-state index contributed by atoms with van der Waals surface area (Å²) in [5.41, 5.74) is 17.0. The molecule has 3 heterocycles. The number of aromatic nitrogens is 1. The SMILES string of the molecule is c1ccc(-c2ccc(-c3ccc(N(c4ccc(-c5ccc6c(c5)c5ccccc5c5c(-c7ccccc7)c7ccccn7c65)cc4)c4ccc5c(c4)oc4ccccc45)cc3)cc2)cc1. The van der Waals surface area contributed by atoms with E-state index in [2.05, 4.69) is 240 Å². The lowest BCUT2D eigenvalue weighted by Crippen LogP contribution is -2.09. The van der Waals surface area contributed by atoms with Gasteiger partial charge in [-0.15, -0.1) is 0 Å². The Morgan fingerprint density at radius 1 is 0.308 bits per heavy atom. The monoisotopic (exact) mass is 828 g/mol. The third-order valence-electron chi connectivity index (χ3n) is 13.2. The van der Waals surface area contributed by atoms with Crippen LogP contribution in [0, 0.1) is 0 Å². The van der Waals surface area contributed by atoms with Gasteiger partial charge in [0.2, 0.25) is 0 Å². The summed E-state index contributed by atoms with van der Waals surface area (Å²) in [6.45, 7) is 0. The lowest BCUT2D eigenvalue weighted by atomic mass is 9.92. The van der Waals surface area contributed by atoms with Gasteiger partial charge in [0.1, 0.15) is 11.2 Å². The molecule has 13 aromatic rings. The fourth-order valence-electron chi connectivity index (χ4n) is 10.1. The third-order valence-corrected chi connectivity index (χ3v) is 13.2. The van der Waals surface area contributed by atoms with Gasteiger partial charge in [-0.2, -0.15) is 0 Å². The summed E-state index contributed by atoms with van der Waals surface area (Å²) in [6.07, 6.45) is 2.21. The zero-order chi connectivity index (χ0) is 42.8. The molecule has 0 fully saturated rings. The van der Waals surface area contributed by atoms with Gasteiger partial charge in [-0.25, -0.2) is 0 Å². The van der Waals surface area contributed by atoms with Gasteiger partial charge in [0.25, 0.3) is 0 Å². The Morgan fingerprint density at radius 2 is 0.800 bits per heavy atom. The minimum Gasteiger partial charge on any atom is -0.456 e. The average molecular weight is 829 g/mol. The summed E-state index contributed by atoms with van der Waals surface area (Å²) in [4.78, 5) is 2.32. The molecular formula is C62H40N2O. The van der Waals surface area contributed by atoms with Crippen LogP contribution in [0.2, 0.25) is 0 Å². The zero-order valence-corrected chi connectivity index (χ0v) is 35.4. The largest absolute Gasteiger partial charge is 0.456 e. The van der Waals surface area contributed by atoms with Gasteiger partial charge >= 0.3 is 0 Å². The van der Waals surface area contributed by atoms with Crippen molar-refractivity contribution < 1.29 is 4.42 Å². The quantitative estimate of drug-likeness (QED) is 0.149. The molecule has 0 aliphatic carbocycles. The van der Waals surface area contributed by atoms with E-state index in [1.54, 1.807) is 0 Å². The Balaban J connectivity index is 0.913. The fraction of sp³-hybridized carbons (Fsp3) is 0. The Morgan fingerprint density at radius 3 is 1.49 bits per heavy atom. The predicted molar refractivity (Wildman–Crippen MR) is 274 cm³/mol. The highest BCUT2D eigenvalue weighted by atomic mass is 16.3. The van der Waals surface area contributed by atoms with Gasteiger partial charge in [0.15, 0.2) is 0 Å². The number of fused-ring (bicyclic) bond motifs is 11. The van der Waals surface area contributed by atoms with Crippen LogP contribution >= 0.6 is 0 Å². The first kappa shape index (κ1) is 36.9. The molecule has 0 spiro atoms. The van der Waals surface area contributed by atoms with E-state index in [9.17, 15) is 0 Å². The molecule has 10 aromatic carbocycles. The summed E-state index contributed by atoms with van der Waals surface area (Å²) < 4.78 is 8.80. The van der Waals surface area contributed by atoms with Gasteiger partial charge in [-0.3, -0.25) is 0 Å². The van der Waals surface area contributed by atoms with Crippen LogP contribution in [0.5, 0.6) is 0 Å². The van der Waals surface area contributed by atoms with Crippen molar-refractivity contribution in [1.29, 1.82) is 0 Å². The Hall–Kier alpha value is -8.66. The number of hydrogen-bond acceptors (Lipinski definition) is 2. The molecule has 0 amide bonds. The van der Waals surface area contributed by atoms with Crippen LogP contribution in [-0.4, -0.2) is 4.40 Å². The topological polar surface area (TPSA) is 20.8 Å². The van der Waals surface area contributed by atoms with E-state index in [1.807, 2.05) is 12.1 Å². The van der Waals surface area contributed by atoms with Gasteiger partial charge in [-0.05, 0) is 116 Å². The molecule has 0 aliphatic rings. The van der Waals surface area contributed by atoms with Crippen LogP contribution in [0.4, 0.5) is 17.1 Å². The van der Waals surface area contributed by atoms with Crippen LogP contribution in [0.15, 0.2) is 247 Å². The molecule has 0 bridgehead atoms. The summed E-state index contributed by atoms with van der Waals surface area (Å²) in [5.74, 6) is 0. The van der Waals surface area contributed by atoms with Crippen molar-refractivity contribution in [3.8, 4) is 44.5 Å². The zero-order valence-electron chi connectivity index (χ0n) is 35.4. The second kappa shape index (κ2) is 15.0. The van der Waals surface area contributed by atoms with Gasteiger partial charge in [0.05, 0.1) is 11.0 Å². The van der Waals surface area contributed by atoms with E-state index >= 15 is 0 Å². The van der Waals surface area contributed by atoms with Crippen LogP contribution in [0.25, 0.3) is 104 Å². The number of benzene rings is 10. The van der Waals surface area contributed by atoms with E-state index in [0.717, 1.165) is 44.6 Å². The smallest absolute Gasteiger partial charge is 0.137 e.